The number of ether oxygens (including phenoxy) is 2. The minimum Gasteiger partial charge on any atom is -0.497 e. The summed E-state index contributed by atoms with van der Waals surface area (Å²) in [7, 11) is -0.123. The van der Waals surface area contributed by atoms with Crippen LogP contribution in [0.3, 0.4) is 0 Å². The maximum atomic E-state index is 13.0. The van der Waals surface area contributed by atoms with E-state index in [1.165, 1.54) is 24.3 Å². The number of methoxy groups -OCH3 is 2. The summed E-state index contributed by atoms with van der Waals surface area (Å²) < 4.78 is 48.9. The molecule has 0 radical (unpaired) electrons. The molecule has 152 valence electrons. The second-order valence-electron chi connectivity index (χ2n) is 6.93. The van der Waals surface area contributed by atoms with Crippen LogP contribution in [0.25, 0.3) is 0 Å². The van der Waals surface area contributed by atoms with Gasteiger partial charge in [0.05, 0.1) is 24.9 Å². The summed E-state index contributed by atoms with van der Waals surface area (Å²) in [4.78, 5) is 2.47. The van der Waals surface area contributed by atoms with Gasteiger partial charge < -0.3 is 9.47 Å². The largest absolute Gasteiger partial charge is 0.497 e. The van der Waals surface area contributed by atoms with Crippen LogP contribution in [0, 0.1) is 5.82 Å². The Hall–Kier alpha value is -2.12. The van der Waals surface area contributed by atoms with Crippen molar-refractivity contribution in [2.24, 2.45) is 0 Å². The van der Waals surface area contributed by atoms with Gasteiger partial charge in [0.25, 0.3) is 0 Å². The second-order valence-corrected chi connectivity index (χ2v) is 9.04. The van der Waals surface area contributed by atoms with E-state index in [2.05, 4.69) is 4.90 Å². The van der Waals surface area contributed by atoms with Crippen LogP contribution >= 0.6 is 0 Å². The van der Waals surface area contributed by atoms with E-state index >= 15 is 0 Å². The first-order valence-corrected chi connectivity index (χ1v) is 11.0. The normalized spacial score (nSPS) is 17.6. The van der Waals surface area contributed by atoms with Gasteiger partial charge in [0, 0.05) is 11.6 Å². The van der Waals surface area contributed by atoms with E-state index in [0.29, 0.717) is 13.0 Å². The van der Waals surface area contributed by atoms with E-state index in [0.717, 1.165) is 36.4 Å². The standard InChI is InChI=1S/C21H26FNO4S/c1-26-17-8-11-21(27-2)19(15-17)20-5-3-12-23(20)13-4-14-28(24,25)18-9-6-16(22)7-10-18/h6-11,15,20H,3-5,12-14H2,1-2H3. The number of sulfone groups is 1. The maximum absolute atomic E-state index is 13.0. The lowest BCUT2D eigenvalue weighted by molar-refractivity contribution is 0.251. The molecule has 28 heavy (non-hydrogen) atoms. The molecule has 1 atom stereocenters. The summed E-state index contributed by atoms with van der Waals surface area (Å²) in [5.41, 5.74) is 1.07. The topological polar surface area (TPSA) is 55.8 Å². The van der Waals surface area contributed by atoms with Crippen molar-refractivity contribution in [2.75, 3.05) is 33.1 Å². The van der Waals surface area contributed by atoms with E-state index in [9.17, 15) is 12.8 Å². The van der Waals surface area contributed by atoms with Crippen LogP contribution in [0.5, 0.6) is 11.5 Å². The average molecular weight is 408 g/mol. The van der Waals surface area contributed by atoms with Gasteiger partial charge in [-0.25, -0.2) is 12.8 Å². The molecule has 0 bridgehead atoms. The van der Waals surface area contributed by atoms with E-state index in [4.69, 9.17) is 9.47 Å². The minimum atomic E-state index is -3.41. The van der Waals surface area contributed by atoms with Crippen LogP contribution in [0.4, 0.5) is 4.39 Å². The van der Waals surface area contributed by atoms with Crippen LogP contribution in [-0.2, 0) is 9.84 Å². The van der Waals surface area contributed by atoms with Crippen LogP contribution in [0.15, 0.2) is 47.4 Å². The summed E-state index contributed by atoms with van der Waals surface area (Å²) >= 11 is 0. The predicted molar refractivity (Wildman–Crippen MR) is 106 cm³/mol. The molecule has 2 aromatic carbocycles. The lowest BCUT2D eigenvalue weighted by atomic mass is 10.0. The molecule has 0 aromatic heterocycles. The van der Waals surface area contributed by atoms with E-state index in [1.54, 1.807) is 14.2 Å². The van der Waals surface area contributed by atoms with Crippen molar-refractivity contribution in [2.45, 2.75) is 30.2 Å². The van der Waals surface area contributed by atoms with Crippen molar-refractivity contribution < 1.29 is 22.3 Å². The van der Waals surface area contributed by atoms with Gasteiger partial charge in [0.2, 0.25) is 0 Å². The van der Waals surface area contributed by atoms with Gasteiger partial charge in [-0.2, -0.15) is 0 Å². The molecule has 1 aliphatic heterocycles. The molecule has 0 amide bonds. The van der Waals surface area contributed by atoms with Crippen molar-refractivity contribution in [3.8, 4) is 11.5 Å². The number of benzene rings is 2. The molecule has 0 aliphatic carbocycles. The van der Waals surface area contributed by atoms with Crippen LogP contribution in [0.2, 0.25) is 0 Å². The molecule has 1 unspecified atom stereocenters. The Kier molecular flexibility index (Phi) is 6.57. The zero-order valence-electron chi connectivity index (χ0n) is 16.2. The first-order valence-electron chi connectivity index (χ1n) is 9.39. The van der Waals surface area contributed by atoms with Gasteiger partial charge in [0.1, 0.15) is 17.3 Å². The number of nitrogens with zero attached hydrogens (tertiary/aromatic N) is 1. The maximum Gasteiger partial charge on any atom is 0.178 e. The molecule has 0 spiro atoms. The Labute approximate surface area is 166 Å². The third-order valence-corrected chi connectivity index (χ3v) is 7.01. The summed E-state index contributed by atoms with van der Waals surface area (Å²) in [5.74, 6) is 1.20. The molecule has 1 saturated heterocycles. The third kappa shape index (κ3) is 4.64. The monoisotopic (exact) mass is 407 g/mol. The number of hydrogen-bond donors (Lipinski definition) is 0. The quantitative estimate of drug-likeness (QED) is 0.622. The molecule has 0 N–H and O–H groups in total. The highest BCUT2D eigenvalue weighted by Gasteiger charge is 2.29. The lowest BCUT2D eigenvalue weighted by Gasteiger charge is -2.26. The first-order chi connectivity index (χ1) is 13.4. The predicted octanol–water partition coefficient (Wildman–Crippen LogP) is 3.84. The Bertz CT molecular complexity index is 899. The zero-order valence-corrected chi connectivity index (χ0v) is 17.0. The highest BCUT2D eigenvalue weighted by Crippen LogP contribution is 2.38. The fraction of sp³-hybridized carbons (Fsp3) is 0.429. The summed E-state index contributed by atoms with van der Waals surface area (Å²) in [5, 5.41) is 0. The number of likely N-dealkylation sites (tertiary alicyclic amines) is 1. The molecule has 7 heteroatoms. The van der Waals surface area contributed by atoms with Crippen molar-refractivity contribution >= 4 is 9.84 Å². The Morgan fingerprint density at radius 2 is 1.86 bits per heavy atom. The molecule has 5 nitrogen and oxygen atoms in total. The highest BCUT2D eigenvalue weighted by molar-refractivity contribution is 7.91. The Morgan fingerprint density at radius 1 is 1.11 bits per heavy atom. The summed E-state index contributed by atoms with van der Waals surface area (Å²) in [6.07, 6.45) is 2.56. The third-order valence-electron chi connectivity index (χ3n) is 5.19. The average Bonchev–Trinajstić information content (AvgIpc) is 3.16. The fourth-order valence-electron chi connectivity index (χ4n) is 3.76. The Balaban J connectivity index is 1.67. The van der Waals surface area contributed by atoms with Gasteiger partial charge in [-0.3, -0.25) is 4.90 Å². The molecule has 1 heterocycles. The molecular formula is C21H26FNO4S. The van der Waals surface area contributed by atoms with Gasteiger partial charge >= 0.3 is 0 Å². The van der Waals surface area contributed by atoms with Crippen LogP contribution in [0.1, 0.15) is 30.9 Å². The van der Waals surface area contributed by atoms with Crippen LogP contribution in [-0.4, -0.2) is 46.4 Å². The highest BCUT2D eigenvalue weighted by atomic mass is 32.2. The Morgan fingerprint density at radius 3 is 2.54 bits per heavy atom. The van der Waals surface area contributed by atoms with Gasteiger partial charge in [-0.1, -0.05) is 0 Å². The summed E-state index contributed by atoms with van der Waals surface area (Å²) in [6, 6.07) is 11.0. The smallest absolute Gasteiger partial charge is 0.178 e. The summed E-state index contributed by atoms with van der Waals surface area (Å²) in [6.45, 7) is 1.59. The first kappa shape index (κ1) is 20.6. The molecule has 1 aliphatic rings. The van der Waals surface area contributed by atoms with Crippen molar-refractivity contribution in [3.05, 3.63) is 53.8 Å². The molecule has 1 fully saturated rings. The van der Waals surface area contributed by atoms with Gasteiger partial charge in [-0.05, 0) is 74.8 Å². The second kappa shape index (κ2) is 8.92. The van der Waals surface area contributed by atoms with Crippen LogP contribution < -0.4 is 9.47 Å². The van der Waals surface area contributed by atoms with Crippen molar-refractivity contribution in [1.29, 1.82) is 0 Å². The number of rotatable bonds is 8. The molecule has 0 saturated carbocycles. The van der Waals surface area contributed by atoms with Crippen molar-refractivity contribution in [1.82, 2.24) is 4.90 Å². The molecular weight excluding hydrogens is 381 g/mol. The zero-order chi connectivity index (χ0) is 20.1. The molecule has 2 aromatic rings. The van der Waals surface area contributed by atoms with E-state index < -0.39 is 15.7 Å². The fourth-order valence-corrected chi connectivity index (χ4v) is 5.06. The number of hydrogen-bond acceptors (Lipinski definition) is 5. The molecule has 3 rings (SSSR count). The van der Waals surface area contributed by atoms with Gasteiger partial charge in [0.15, 0.2) is 9.84 Å². The van der Waals surface area contributed by atoms with E-state index in [-0.39, 0.29) is 16.7 Å². The van der Waals surface area contributed by atoms with Gasteiger partial charge in [-0.15, -0.1) is 0 Å². The van der Waals surface area contributed by atoms with E-state index in [1.807, 2.05) is 18.2 Å². The number of halogens is 1. The SMILES string of the molecule is COc1ccc(OC)c(C2CCCN2CCCS(=O)(=O)c2ccc(F)cc2)c1. The minimum absolute atomic E-state index is 0.0388. The van der Waals surface area contributed by atoms with Crippen molar-refractivity contribution in [3.63, 3.8) is 0 Å². The lowest BCUT2D eigenvalue weighted by Crippen LogP contribution is -2.26.